The molecule has 1 aromatic carbocycles. The van der Waals surface area contributed by atoms with Crippen LogP contribution in [0.15, 0.2) is 29.4 Å². The van der Waals surface area contributed by atoms with Gasteiger partial charge in [-0.15, -0.1) is 0 Å². The maximum Gasteiger partial charge on any atom is 0.227 e. The molecule has 0 bridgehead atoms. The van der Waals surface area contributed by atoms with Gasteiger partial charge in [0.1, 0.15) is 5.82 Å². The Morgan fingerprint density at radius 1 is 1.47 bits per heavy atom. The Labute approximate surface area is 97.5 Å². The van der Waals surface area contributed by atoms with E-state index in [1.165, 1.54) is 12.1 Å². The highest BCUT2D eigenvalue weighted by Gasteiger charge is 2.29. The molecule has 5 nitrogen and oxygen atoms in total. The normalized spacial score (nSPS) is 15.0. The van der Waals surface area contributed by atoms with Gasteiger partial charge in [-0.05, 0) is 23.2 Å². The molecule has 1 saturated heterocycles. The molecule has 0 unspecified atom stereocenters. The second-order valence-corrected chi connectivity index (χ2v) is 3.96. The lowest BCUT2D eigenvalue weighted by Gasteiger charge is -2.36. The Hall–Kier alpha value is -2.07. The quantitative estimate of drug-likeness (QED) is 0.447. The molecule has 2 rings (SSSR count). The van der Waals surface area contributed by atoms with Gasteiger partial charge < -0.3 is 4.90 Å². The Morgan fingerprint density at radius 3 is 2.71 bits per heavy atom. The third-order valence-corrected chi connectivity index (χ3v) is 2.70. The number of hydrogen-bond acceptors (Lipinski definition) is 2. The van der Waals surface area contributed by atoms with E-state index >= 15 is 0 Å². The molecular weight excluding hydrogens is 223 g/mol. The van der Waals surface area contributed by atoms with Crippen LogP contribution in [0.25, 0.3) is 10.4 Å². The van der Waals surface area contributed by atoms with Crippen molar-refractivity contribution in [2.45, 2.75) is 12.5 Å². The van der Waals surface area contributed by atoms with Gasteiger partial charge in [-0.25, -0.2) is 4.39 Å². The van der Waals surface area contributed by atoms with E-state index in [9.17, 15) is 9.18 Å². The molecule has 0 aromatic heterocycles. The van der Waals surface area contributed by atoms with Crippen molar-refractivity contribution in [3.63, 3.8) is 0 Å². The maximum atomic E-state index is 12.7. The van der Waals surface area contributed by atoms with Crippen LogP contribution in [0.3, 0.4) is 0 Å². The van der Waals surface area contributed by atoms with Crippen LogP contribution in [0.5, 0.6) is 0 Å². The SMILES string of the molecule is [N-]=[N+]=NC1CN(C(=O)Cc2ccc(F)cc2)C1. The van der Waals surface area contributed by atoms with E-state index in [1.807, 2.05) is 0 Å². The van der Waals surface area contributed by atoms with Gasteiger partial charge in [0, 0.05) is 18.0 Å². The van der Waals surface area contributed by atoms with E-state index in [0.29, 0.717) is 13.1 Å². The molecule has 1 aliphatic heterocycles. The lowest BCUT2D eigenvalue weighted by Crippen LogP contribution is -2.53. The summed E-state index contributed by atoms with van der Waals surface area (Å²) in [7, 11) is 0. The molecular formula is C11H11FN4O. The van der Waals surface area contributed by atoms with Gasteiger partial charge >= 0.3 is 0 Å². The molecule has 0 saturated carbocycles. The summed E-state index contributed by atoms with van der Waals surface area (Å²) in [6.45, 7) is 0.953. The van der Waals surface area contributed by atoms with Gasteiger partial charge in [-0.3, -0.25) is 4.79 Å². The van der Waals surface area contributed by atoms with Gasteiger partial charge in [0.25, 0.3) is 0 Å². The van der Waals surface area contributed by atoms with Crippen LogP contribution in [0, 0.1) is 5.82 Å². The van der Waals surface area contributed by atoms with Crippen LogP contribution in [-0.4, -0.2) is 29.9 Å². The standard InChI is InChI=1S/C11H11FN4O/c12-9-3-1-8(2-4-9)5-11(17)16-6-10(7-16)14-15-13/h1-4,10H,5-7H2. The minimum absolute atomic E-state index is 0.0269. The molecule has 0 N–H and O–H groups in total. The number of nitrogens with zero attached hydrogens (tertiary/aromatic N) is 4. The number of likely N-dealkylation sites (tertiary alicyclic amines) is 1. The average Bonchev–Trinajstić information content (AvgIpc) is 2.26. The van der Waals surface area contributed by atoms with Crippen LogP contribution < -0.4 is 0 Å². The van der Waals surface area contributed by atoms with Crippen LogP contribution in [0.4, 0.5) is 4.39 Å². The van der Waals surface area contributed by atoms with Crippen molar-refractivity contribution < 1.29 is 9.18 Å². The first kappa shape index (κ1) is 11.4. The molecule has 17 heavy (non-hydrogen) atoms. The highest BCUT2D eigenvalue weighted by atomic mass is 19.1. The zero-order chi connectivity index (χ0) is 12.3. The molecule has 88 valence electrons. The number of halogens is 1. The van der Waals surface area contributed by atoms with Crippen molar-refractivity contribution >= 4 is 5.91 Å². The van der Waals surface area contributed by atoms with Crippen LogP contribution in [0.1, 0.15) is 5.56 Å². The average molecular weight is 234 g/mol. The summed E-state index contributed by atoms with van der Waals surface area (Å²) in [6, 6.07) is 5.76. The molecule has 0 radical (unpaired) electrons. The number of hydrogen-bond donors (Lipinski definition) is 0. The van der Waals surface area contributed by atoms with E-state index in [-0.39, 0.29) is 24.2 Å². The summed E-state index contributed by atoms with van der Waals surface area (Å²) in [5, 5.41) is 3.52. The first-order valence-electron chi connectivity index (χ1n) is 5.25. The fraction of sp³-hybridized carbons (Fsp3) is 0.364. The first-order valence-corrected chi connectivity index (χ1v) is 5.25. The second-order valence-electron chi connectivity index (χ2n) is 3.96. The predicted molar refractivity (Wildman–Crippen MR) is 59.6 cm³/mol. The van der Waals surface area contributed by atoms with Gasteiger partial charge in [0.15, 0.2) is 0 Å². The summed E-state index contributed by atoms with van der Waals surface area (Å²) in [5.74, 6) is -0.338. The summed E-state index contributed by atoms with van der Waals surface area (Å²) in [6.07, 6.45) is 0.253. The number of benzene rings is 1. The smallest absolute Gasteiger partial charge is 0.227 e. The molecule has 1 aliphatic rings. The number of carbonyl (C=O) groups is 1. The van der Waals surface area contributed by atoms with E-state index in [2.05, 4.69) is 10.0 Å². The minimum Gasteiger partial charge on any atom is -0.341 e. The molecule has 1 amide bonds. The molecule has 1 aromatic rings. The highest BCUT2D eigenvalue weighted by molar-refractivity contribution is 5.79. The molecule has 1 fully saturated rings. The summed E-state index contributed by atoms with van der Waals surface area (Å²) < 4.78 is 12.7. The Balaban J connectivity index is 1.86. The van der Waals surface area contributed by atoms with Gasteiger partial charge in [-0.1, -0.05) is 17.2 Å². The lowest BCUT2D eigenvalue weighted by molar-refractivity contribution is -0.134. The summed E-state index contributed by atoms with van der Waals surface area (Å²) in [5.41, 5.74) is 8.99. The van der Waals surface area contributed by atoms with Crippen molar-refractivity contribution in [3.8, 4) is 0 Å². The zero-order valence-corrected chi connectivity index (χ0v) is 9.08. The Bertz CT molecular complexity index is 461. The maximum absolute atomic E-state index is 12.7. The van der Waals surface area contributed by atoms with Crippen molar-refractivity contribution in [3.05, 3.63) is 46.1 Å². The van der Waals surface area contributed by atoms with E-state index < -0.39 is 0 Å². The minimum atomic E-state index is -0.312. The summed E-state index contributed by atoms with van der Waals surface area (Å²) in [4.78, 5) is 16.0. The van der Waals surface area contributed by atoms with E-state index in [1.54, 1.807) is 17.0 Å². The Morgan fingerprint density at radius 2 is 2.12 bits per heavy atom. The highest BCUT2D eigenvalue weighted by Crippen LogP contribution is 2.14. The number of azide groups is 1. The van der Waals surface area contributed by atoms with Crippen molar-refractivity contribution in [2.75, 3.05) is 13.1 Å². The van der Waals surface area contributed by atoms with Crippen LogP contribution >= 0.6 is 0 Å². The third kappa shape index (κ3) is 2.73. The van der Waals surface area contributed by atoms with Crippen molar-refractivity contribution in [2.24, 2.45) is 5.11 Å². The topological polar surface area (TPSA) is 69.1 Å². The molecule has 6 heteroatoms. The van der Waals surface area contributed by atoms with Crippen LogP contribution in [-0.2, 0) is 11.2 Å². The third-order valence-electron chi connectivity index (χ3n) is 2.70. The Kier molecular flexibility index (Phi) is 3.25. The fourth-order valence-electron chi connectivity index (χ4n) is 1.69. The number of amides is 1. The monoisotopic (exact) mass is 234 g/mol. The van der Waals surface area contributed by atoms with Gasteiger partial charge in [0.2, 0.25) is 5.91 Å². The largest absolute Gasteiger partial charge is 0.341 e. The van der Waals surface area contributed by atoms with Gasteiger partial charge in [-0.2, -0.15) is 0 Å². The zero-order valence-electron chi connectivity index (χ0n) is 9.08. The first-order chi connectivity index (χ1) is 8.19. The molecule has 0 atom stereocenters. The molecule has 0 spiro atoms. The van der Waals surface area contributed by atoms with E-state index in [0.717, 1.165) is 5.56 Å². The molecule has 0 aliphatic carbocycles. The lowest BCUT2D eigenvalue weighted by atomic mass is 10.1. The second kappa shape index (κ2) is 4.84. The fourth-order valence-corrected chi connectivity index (χ4v) is 1.69. The summed E-state index contributed by atoms with van der Waals surface area (Å²) >= 11 is 0. The predicted octanol–water partition coefficient (Wildman–Crippen LogP) is 1.89. The van der Waals surface area contributed by atoms with Gasteiger partial charge in [0.05, 0.1) is 12.5 Å². The molecule has 1 heterocycles. The number of carbonyl (C=O) groups excluding carboxylic acids is 1. The van der Waals surface area contributed by atoms with Crippen molar-refractivity contribution in [1.82, 2.24) is 4.90 Å². The van der Waals surface area contributed by atoms with Crippen LogP contribution in [0.2, 0.25) is 0 Å². The van der Waals surface area contributed by atoms with Crippen molar-refractivity contribution in [1.29, 1.82) is 0 Å². The number of rotatable bonds is 3. The van der Waals surface area contributed by atoms with E-state index in [4.69, 9.17) is 5.53 Å².